The van der Waals surface area contributed by atoms with Crippen LogP contribution in [0.4, 0.5) is 0 Å². The molecule has 0 aromatic heterocycles. The quantitative estimate of drug-likeness (QED) is 0.798. The maximum absolute atomic E-state index is 12.2. The Balaban J connectivity index is 1.91. The molecule has 5 nitrogen and oxygen atoms in total. The lowest BCUT2D eigenvalue weighted by Gasteiger charge is -2.32. The molecule has 102 valence electrons. The van der Waals surface area contributed by atoms with Gasteiger partial charge < -0.3 is 5.11 Å². The first-order chi connectivity index (χ1) is 8.68. The number of hydrogen-bond donors (Lipinski definition) is 2. The van der Waals surface area contributed by atoms with E-state index in [1.807, 2.05) is 5.01 Å². The summed E-state index contributed by atoms with van der Waals surface area (Å²) in [6, 6.07) is 0. The van der Waals surface area contributed by atoms with Gasteiger partial charge in [-0.1, -0.05) is 19.3 Å². The molecule has 1 aliphatic carbocycles. The van der Waals surface area contributed by atoms with Crippen molar-refractivity contribution in [3.63, 3.8) is 0 Å². The molecule has 0 spiro atoms. The number of aliphatic carboxylic acids is 1. The van der Waals surface area contributed by atoms with E-state index in [2.05, 4.69) is 5.43 Å². The minimum Gasteiger partial charge on any atom is -0.481 e. The Hall–Kier alpha value is -1.10. The Kier molecular flexibility index (Phi) is 4.58. The number of rotatable bonds is 3. The van der Waals surface area contributed by atoms with Crippen LogP contribution in [0.1, 0.15) is 44.9 Å². The molecule has 1 heterocycles. The predicted octanol–water partition coefficient (Wildman–Crippen LogP) is 1.39. The summed E-state index contributed by atoms with van der Waals surface area (Å²) in [5, 5.41) is 11.1. The van der Waals surface area contributed by atoms with E-state index in [0.717, 1.165) is 38.8 Å². The third-order valence-corrected chi connectivity index (χ3v) is 4.04. The lowest BCUT2D eigenvalue weighted by atomic mass is 9.79. The molecule has 1 saturated carbocycles. The Labute approximate surface area is 108 Å². The standard InChI is InChI=1S/C13H22N2O3/c16-12(14-15-8-4-1-5-9-15)10-6-2-3-7-11(10)13(17)18/h10-11H,1-9H2,(H,14,16)(H,17,18)/t10-,11+/m1/s1. The molecule has 1 aliphatic heterocycles. The fourth-order valence-electron chi connectivity index (χ4n) is 2.98. The van der Waals surface area contributed by atoms with E-state index in [4.69, 9.17) is 5.11 Å². The minimum atomic E-state index is -0.825. The molecule has 0 aromatic rings. The van der Waals surface area contributed by atoms with Crippen LogP contribution in [-0.2, 0) is 9.59 Å². The van der Waals surface area contributed by atoms with Crippen molar-refractivity contribution in [1.82, 2.24) is 10.4 Å². The highest BCUT2D eigenvalue weighted by Gasteiger charge is 2.36. The van der Waals surface area contributed by atoms with Crippen molar-refractivity contribution in [2.75, 3.05) is 13.1 Å². The van der Waals surface area contributed by atoms with Crippen LogP contribution < -0.4 is 5.43 Å². The van der Waals surface area contributed by atoms with E-state index in [1.165, 1.54) is 6.42 Å². The Morgan fingerprint density at radius 2 is 1.56 bits per heavy atom. The highest BCUT2D eigenvalue weighted by Crippen LogP contribution is 2.30. The first-order valence-corrected chi connectivity index (χ1v) is 6.97. The molecule has 0 aromatic carbocycles. The number of carboxylic acids is 1. The fourth-order valence-corrected chi connectivity index (χ4v) is 2.98. The van der Waals surface area contributed by atoms with Crippen molar-refractivity contribution in [3.8, 4) is 0 Å². The lowest BCUT2D eigenvalue weighted by molar-refractivity contribution is -0.150. The van der Waals surface area contributed by atoms with E-state index in [-0.39, 0.29) is 11.8 Å². The first kappa shape index (κ1) is 13.3. The Morgan fingerprint density at radius 3 is 2.17 bits per heavy atom. The van der Waals surface area contributed by atoms with Crippen molar-refractivity contribution in [1.29, 1.82) is 0 Å². The second-order valence-corrected chi connectivity index (χ2v) is 5.36. The van der Waals surface area contributed by atoms with Crippen LogP contribution in [0.2, 0.25) is 0 Å². The zero-order valence-corrected chi connectivity index (χ0v) is 10.7. The average molecular weight is 254 g/mol. The SMILES string of the molecule is O=C(O)[C@H]1CCCC[C@H]1C(=O)NN1CCCCC1. The van der Waals surface area contributed by atoms with Gasteiger partial charge in [-0.2, -0.15) is 0 Å². The molecule has 0 bridgehead atoms. The van der Waals surface area contributed by atoms with Gasteiger partial charge in [-0.25, -0.2) is 5.01 Å². The number of piperidine rings is 1. The van der Waals surface area contributed by atoms with E-state index in [0.29, 0.717) is 12.8 Å². The lowest BCUT2D eigenvalue weighted by Crippen LogP contribution is -2.49. The van der Waals surface area contributed by atoms with Crippen LogP contribution in [0, 0.1) is 11.8 Å². The van der Waals surface area contributed by atoms with Gasteiger partial charge in [0, 0.05) is 13.1 Å². The summed E-state index contributed by atoms with van der Waals surface area (Å²) in [5.41, 5.74) is 2.90. The zero-order valence-electron chi connectivity index (χ0n) is 10.7. The summed E-state index contributed by atoms with van der Waals surface area (Å²) >= 11 is 0. The molecule has 1 amide bonds. The molecule has 2 N–H and O–H groups in total. The molecule has 2 rings (SSSR count). The highest BCUT2D eigenvalue weighted by molar-refractivity contribution is 5.84. The van der Waals surface area contributed by atoms with Gasteiger partial charge in [0.25, 0.3) is 0 Å². The third kappa shape index (κ3) is 3.22. The van der Waals surface area contributed by atoms with Crippen LogP contribution in [0.5, 0.6) is 0 Å². The largest absolute Gasteiger partial charge is 0.481 e. The maximum Gasteiger partial charge on any atom is 0.307 e. The van der Waals surface area contributed by atoms with Crippen molar-refractivity contribution >= 4 is 11.9 Å². The number of carbonyl (C=O) groups is 2. The molecular formula is C13H22N2O3. The predicted molar refractivity (Wildman–Crippen MR) is 66.7 cm³/mol. The number of carbonyl (C=O) groups excluding carboxylic acids is 1. The summed E-state index contributed by atoms with van der Waals surface area (Å²) in [6.45, 7) is 1.77. The Bertz CT molecular complexity index is 313. The summed E-state index contributed by atoms with van der Waals surface area (Å²) in [4.78, 5) is 23.3. The van der Waals surface area contributed by atoms with Gasteiger partial charge >= 0.3 is 5.97 Å². The molecule has 2 aliphatic rings. The molecule has 1 saturated heterocycles. The van der Waals surface area contributed by atoms with Crippen LogP contribution in [0.15, 0.2) is 0 Å². The summed E-state index contributed by atoms with van der Waals surface area (Å²) in [5.74, 6) is -1.76. The minimum absolute atomic E-state index is 0.0935. The van der Waals surface area contributed by atoms with E-state index in [9.17, 15) is 9.59 Å². The van der Waals surface area contributed by atoms with Gasteiger partial charge in [-0.05, 0) is 25.7 Å². The van der Waals surface area contributed by atoms with Crippen molar-refractivity contribution in [2.45, 2.75) is 44.9 Å². The zero-order chi connectivity index (χ0) is 13.0. The van der Waals surface area contributed by atoms with Gasteiger partial charge in [0.05, 0.1) is 11.8 Å². The smallest absolute Gasteiger partial charge is 0.307 e. The van der Waals surface area contributed by atoms with E-state index >= 15 is 0 Å². The van der Waals surface area contributed by atoms with Crippen molar-refractivity contribution < 1.29 is 14.7 Å². The van der Waals surface area contributed by atoms with Crippen molar-refractivity contribution in [3.05, 3.63) is 0 Å². The summed E-state index contributed by atoms with van der Waals surface area (Å²) in [6.07, 6.45) is 6.64. The topological polar surface area (TPSA) is 69.6 Å². The number of hydrazine groups is 1. The number of amides is 1. The second kappa shape index (κ2) is 6.18. The fraction of sp³-hybridized carbons (Fsp3) is 0.846. The second-order valence-electron chi connectivity index (χ2n) is 5.36. The molecular weight excluding hydrogens is 232 g/mol. The highest BCUT2D eigenvalue weighted by atomic mass is 16.4. The van der Waals surface area contributed by atoms with Crippen LogP contribution in [-0.4, -0.2) is 35.1 Å². The Morgan fingerprint density at radius 1 is 0.944 bits per heavy atom. The van der Waals surface area contributed by atoms with Gasteiger partial charge in [-0.15, -0.1) is 0 Å². The average Bonchev–Trinajstić information content (AvgIpc) is 2.40. The van der Waals surface area contributed by atoms with Crippen LogP contribution in [0.25, 0.3) is 0 Å². The van der Waals surface area contributed by atoms with Gasteiger partial charge in [-0.3, -0.25) is 15.0 Å². The maximum atomic E-state index is 12.2. The number of nitrogens with one attached hydrogen (secondary N) is 1. The van der Waals surface area contributed by atoms with Crippen molar-refractivity contribution in [2.24, 2.45) is 11.8 Å². The summed E-state index contributed by atoms with van der Waals surface area (Å²) in [7, 11) is 0. The first-order valence-electron chi connectivity index (χ1n) is 6.97. The molecule has 0 unspecified atom stereocenters. The van der Waals surface area contributed by atoms with Gasteiger partial charge in [0.1, 0.15) is 0 Å². The van der Waals surface area contributed by atoms with E-state index in [1.54, 1.807) is 0 Å². The number of carboxylic acid groups (broad SMARTS) is 1. The molecule has 5 heteroatoms. The van der Waals surface area contributed by atoms with E-state index < -0.39 is 11.9 Å². The number of nitrogens with zero attached hydrogens (tertiary/aromatic N) is 1. The normalized spacial score (nSPS) is 29.8. The molecule has 18 heavy (non-hydrogen) atoms. The monoisotopic (exact) mass is 254 g/mol. The molecule has 2 atom stereocenters. The van der Waals surface area contributed by atoms with Crippen LogP contribution >= 0.6 is 0 Å². The third-order valence-electron chi connectivity index (χ3n) is 4.04. The number of hydrogen-bond acceptors (Lipinski definition) is 3. The van der Waals surface area contributed by atoms with Gasteiger partial charge in [0.2, 0.25) is 5.91 Å². The summed E-state index contributed by atoms with van der Waals surface area (Å²) < 4.78 is 0. The van der Waals surface area contributed by atoms with Gasteiger partial charge in [0.15, 0.2) is 0 Å². The molecule has 2 fully saturated rings. The molecule has 0 radical (unpaired) electrons. The van der Waals surface area contributed by atoms with Crippen LogP contribution in [0.3, 0.4) is 0 Å².